The van der Waals surface area contributed by atoms with Crippen LogP contribution >= 0.6 is 0 Å². The topological polar surface area (TPSA) is 115 Å². The van der Waals surface area contributed by atoms with E-state index in [4.69, 9.17) is 5.26 Å². The van der Waals surface area contributed by atoms with Gasteiger partial charge in [0.1, 0.15) is 17.5 Å². The second kappa shape index (κ2) is 11.2. The molecule has 0 fully saturated rings. The maximum atomic E-state index is 13.8. The molecule has 0 spiro atoms. The van der Waals surface area contributed by atoms with Gasteiger partial charge in [0.25, 0.3) is 0 Å². The zero-order valence-electron chi connectivity index (χ0n) is 20.7. The molecule has 1 aliphatic rings. The molecule has 3 aromatic rings. The van der Waals surface area contributed by atoms with E-state index < -0.39 is 18.6 Å². The Kier molecular flexibility index (Phi) is 7.76. The molecular weight excluding hydrogens is 494 g/mol. The molecule has 0 saturated heterocycles. The maximum Gasteiger partial charge on any atom is 0.387 e. The van der Waals surface area contributed by atoms with E-state index in [1.54, 1.807) is 43.3 Å². The first-order valence-electron chi connectivity index (χ1n) is 11.9. The van der Waals surface area contributed by atoms with Crippen molar-refractivity contribution in [2.24, 2.45) is 0 Å². The molecule has 3 aromatic carbocycles. The predicted molar refractivity (Wildman–Crippen MR) is 137 cm³/mol. The van der Waals surface area contributed by atoms with E-state index >= 15 is 0 Å². The fourth-order valence-electron chi connectivity index (χ4n) is 4.39. The van der Waals surface area contributed by atoms with Gasteiger partial charge in [0, 0.05) is 37.0 Å². The monoisotopic (exact) mass is 520 g/mol. The number of fused-ring (bicyclic) bond motifs is 4. The molecule has 0 aliphatic carbocycles. The van der Waals surface area contributed by atoms with Gasteiger partial charge in [-0.15, -0.1) is 0 Å². The maximum absolute atomic E-state index is 13.8. The minimum atomic E-state index is -3.07. The lowest BCUT2D eigenvalue weighted by Crippen LogP contribution is -2.35. The Hall–Kier alpha value is -4.65. The smallest absolute Gasteiger partial charge is 0.387 e. The lowest BCUT2D eigenvalue weighted by Gasteiger charge is -2.28. The van der Waals surface area contributed by atoms with E-state index in [-0.39, 0.29) is 41.8 Å². The van der Waals surface area contributed by atoms with Crippen molar-refractivity contribution in [3.05, 3.63) is 82.9 Å². The number of alkyl halides is 2. The summed E-state index contributed by atoms with van der Waals surface area (Å²) in [5, 5.41) is 25.6. The summed E-state index contributed by atoms with van der Waals surface area (Å²) in [6.45, 7) is -1.37. The number of rotatable bonds is 4. The van der Waals surface area contributed by atoms with E-state index in [0.717, 1.165) is 0 Å². The van der Waals surface area contributed by atoms with Crippen molar-refractivity contribution in [3.8, 4) is 17.6 Å². The summed E-state index contributed by atoms with van der Waals surface area (Å²) in [5.74, 6) is -1.23. The number of nitrogens with one attached hydrogen (secondary N) is 2. The van der Waals surface area contributed by atoms with E-state index in [9.17, 15) is 23.5 Å². The third-order valence-electron chi connectivity index (χ3n) is 6.32. The molecule has 3 N–H and O–H groups in total. The quantitative estimate of drug-likeness (QED) is 0.440. The lowest BCUT2D eigenvalue weighted by molar-refractivity contribution is -0.131. The van der Waals surface area contributed by atoms with Crippen molar-refractivity contribution < 1.29 is 28.2 Å². The van der Waals surface area contributed by atoms with E-state index in [1.807, 2.05) is 6.07 Å². The van der Waals surface area contributed by atoms with Gasteiger partial charge in [-0.05, 0) is 71.6 Å². The van der Waals surface area contributed by atoms with Crippen LogP contribution in [0.4, 0.5) is 20.2 Å². The highest BCUT2D eigenvalue weighted by Crippen LogP contribution is 2.34. The molecule has 0 aromatic heterocycles. The van der Waals surface area contributed by atoms with Gasteiger partial charge in [0.2, 0.25) is 11.8 Å². The zero-order valence-corrected chi connectivity index (χ0v) is 20.7. The fraction of sp³-hybridized carbons (Fsp3) is 0.250. The molecule has 8 nitrogen and oxygen atoms in total. The van der Waals surface area contributed by atoms with Crippen LogP contribution in [0, 0.1) is 11.3 Å². The number of hydrogen-bond donors (Lipinski definition) is 3. The van der Waals surface area contributed by atoms with Crippen LogP contribution in [0.15, 0.2) is 60.7 Å². The summed E-state index contributed by atoms with van der Waals surface area (Å²) in [5.41, 5.74) is 2.70. The summed E-state index contributed by atoms with van der Waals surface area (Å²) in [6.07, 6.45) is 0.0310. The number of hydrogen-bond acceptors (Lipinski definition) is 6. The largest absolute Gasteiger partial charge is 0.508 e. The fourth-order valence-corrected chi connectivity index (χ4v) is 4.39. The summed E-state index contributed by atoms with van der Waals surface area (Å²) in [4.78, 5) is 27.9. The number of phenolic OH excluding ortho intramolecular Hbond substituents is 1. The number of amides is 2. The highest BCUT2D eigenvalue weighted by Gasteiger charge is 2.27. The first-order valence-corrected chi connectivity index (χ1v) is 11.9. The zero-order chi connectivity index (χ0) is 27.4. The Morgan fingerprint density at radius 1 is 1.13 bits per heavy atom. The number of benzene rings is 3. The van der Waals surface area contributed by atoms with Crippen molar-refractivity contribution in [2.75, 3.05) is 17.7 Å². The summed E-state index contributed by atoms with van der Waals surface area (Å²) >= 11 is 0. The van der Waals surface area contributed by atoms with E-state index in [2.05, 4.69) is 15.4 Å². The Morgan fingerprint density at radius 3 is 2.55 bits per heavy atom. The minimum Gasteiger partial charge on any atom is -0.508 e. The van der Waals surface area contributed by atoms with Gasteiger partial charge in [-0.3, -0.25) is 9.59 Å². The average molecular weight is 521 g/mol. The minimum absolute atomic E-state index is 0.00476. The number of carbonyl (C=O) groups excluding carboxylic acids is 2. The number of phenols is 1. The number of nitrogens with zero attached hydrogens (tertiary/aromatic N) is 2. The number of nitriles is 1. The van der Waals surface area contributed by atoms with Gasteiger partial charge >= 0.3 is 6.61 Å². The van der Waals surface area contributed by atoms with Crippen LogP contribution in [-0.4, -0.2) is 35.5 Å². The molecule has 0 radical (unpaired) electrons. The molecule has 196 valence electrons. The molecule has 1 heterocycles. The van der Waals surface area contributed by atoms with Gasteiger partial charge < -0.3 is 25.4 Å². The van der Waals surface area contributed by atoms with Crippen molar-refractivity contribution in [1.29, 1.82) is 5.26 Å². The standard InChI is InChI=1S/C28H26F2N4O4/c1-16-11-25(36)32-21-8-10-24(38-28(29)30)19(12-21)15-34(2)27(37)26(18-5-9-23(35)22(16)13-18)33-20-6-3-17(14-31)4-7-20/h3-10,12-13,16,26,28,33,35H,11,15H2,1-2H3,(H,32,36)/t16-,26-/m1/s1. The Morgan fingerprint density at radius 2 is 1.87 bits per heavy atom. The molecule has 1 aliphatic heterocycles. The predicted octanol–water partition coefficient (Wildman–Crippen LogP) is 5.12. The Balaban J connectivity index is 1.79. The molecule has 0 saturated carbocycles. The van der Waals surface area contributed by atoms with Crippen LogP contribution in [0.25, 0.3) is 0 Å². The molecule has 4 bridgehead atoms. The molecule has 2 amide bonds. The highest BCUT2D eigenvalue weighted by molar-refractivity contribution is 5.92. The SMILES string of the molecule is C[C@@H]1CC(=O)Nc2ccc(OC(F)F)c(c2)CN(C)C(=O)[C@H](Nc2ccc(C#N)cc2)c2ccc(O)c1c2. The number of halogens is 2. The Labute approximate surface area is 218 Å². The van der Waals surface area contributed by atoms with E-state index in [0.29, 0.717) is 28.1 Å². The second-order valence-corrected chi connectivity index (χ2v) is 9.13. The van der Waals surface area contributed by atoms with Crippen molar-refractivity contribution >= 4 is 23.2 Å². The third kappa shape index (κ3) is 6.00. The number of carbonyl (C=O) groups is 2. The van der Waals surface area contributed by atoms with E-state index in [1.165, 1.54) is 36.2 Å². The highest BCUT2D eigenvalue weighted by atomic mass is 19.3. The van der Waals surface area contributed by atoms with Crippen LogP contribution in [0.2, 0.25) is 0 Å². The first-order chi connectivity index (χ1) is 18.1. The molecule has 0 unspecified atom stereocenters. The van der Waals surface area contributed by atoms with Crippen LogP contribution in [0.1, 0.15) is 47.6 Å². The Bertz CT molecular complexity index is 1390. The van der Waals surface area contributed by atoms with Crippen LogP contribution < -0.4 is 15.4 Å². The summed E-state index contributed by atoms with van der Waals surface area (Å²) in [6, 6.07) is 16.7. The third-order valence-corrected chi connectivity index (χ3v) is 6.32. The second-order valence-electron chi connectivity index (χ2n) is 9.13. The normalized spacial score (nSPS) is 17.8. The molecule has 38 heavy (non-hydrogen) atoms. The summed E-state index contributed by atoms with van der Waals surface area (Å²) in [7, 11) is 1.53. The first kappa shape index (κ1) is 26.4. The molecular formula is C28H26F2N4O4. The molecule has 4 rings (SSSR count). The average Bonchev–Trinajstić information content (AvgIpc) is 2.88. The van der Waals surface area contributed by atoms with Gasteiger partial charge in [0.15, 0.2) is 0 Å². The number of aromatic hydroxyl groups is 1. The van der Waals surface area contributed by atoms with Crippen molar-refractivity contribution in [1.82, 2.24) is 4.90 Å². The number of likely N-dealkylation sites (N-methyl/N-ethyl adjacent to an activating group) is 1. The van der Waals surface area contributed by atoms with Gasteiger partial charge in [0.05, 0.1) is 11.6 Å². The van der Waals surface area contributed by atoms with Crippen molar-refractivity contribution in [2.45, 2.75) is 38.5 Å². The van der Waals surface area contributed by atoms with Crippen LogP contribution in [-0.2, 0) is 16.1 Å². The van der Waals surface area contributed by atoms with Crippen LogP contribution in [0.3, 0.4) is 0 Å². The van der Waals surface area contributed by atoms with Gasteiger partial charge in [-0.2, -0.15) is 14.0 Å². The van der Waals surface area contributed by atoms with Crippen molar-refractivity contribution in [3.63, 3.8) is 0 Å². The van der Waals surface area contributed by atoms with Gasteiger partial charge in [-0.25, -0.2) is 0 Å². The van der Waals surface area contributed by atoms with Crippen LogP contribution in [0.5, 0.6) is 11.5 Å². The van der Waals surface area contributed by atoms with Gasteiger partial charge in [-0.1, -0.05) is 13.0 Å². The number of ether oxygens (including phenoxy) is 1. The molecule has 10 heteroatoms. The molecule has 2 atom stereocenters. The number of anilines is 2. The summed E-state index contributed by atoms with van der Waals surface area (Å²) < 4.78 is 30.8. The lowest BCUT2D eigenvalue weighted by atomic mass is 9.92.